The molecule has 0 bridgehead atoms. The van der Waals surface area contributed by atoms with Crippen molar-refractivity contribution in [2.75, 3.05) is 19.5 Å². The van der Waals surface area contributed by atoms with Crippen molar-refractivity contribution < 1.29 is 18.8 Å². The molecular weight excluding hydrogens is 408 g/mol. The topological polar surface area (TPSA) is 128 Å². The van der Waals surface area contributed by atoms with Gasteiger partial charge >= 0.3 is 0 Å². The number of nitrogens with one attached hydrogen (secondary N) is 2. The Bertz CT molecular complexity index is 1140. The van der Waals surface area contributed by atoms with Gasteiger partial charge in [0, 0.05) is 29.9 Å². The Balaban J connectivity index is 1.36. The van der Waals surface area contributed by atoms with Crippen LogP contribution in [-0.2, 0) is 11.2 Å². The fourth-order valence-corrected chi connectivity index (χ4v) is 3.34. The van der Waals surface area contributed by atoms with Crippen molar-refractivity contribution >= 4 is 23.2 Å². The zero-order valence-electron chi connectivity index (χ0n) is 16.2. The summed E-state index contributed by atoms with van der Waals surface area (Å²) in [6.45, 7) is 0. The minimum atomic E-state index is -0.266. The van der Waals surface area contributed by atoms with Gasteiger partial charge in [0.1, 0.15) is 11.5 Å². The van der Waals surface area contributed by atoms with E-state index in [-0.39, 0.29) is 18.3 Å². The molecule has 10 nitrogen and oxygen atoms in total. The van der Waals surface area contributed by atoms with E-state index in [2.05, 4.69) is 30.6 Å². The third kappa shape index (κ3) is 4.30. The van der Waals surface area contributed by atoms with Gasteiger partial charge in [0.15, 0.2) is 5.82 Å². The summed E-state index contributed by atoms with van der Waals surface area (Å²) < 4.78 is 15.8. The van der Waals surface area contributed by atoms with Crippen LogP contribution in [0.1, 0.15) is 12.3 Å². The molecule has 0 saturated heterocycles. The van der Waals surface area contributed by atoms with Crippen LogP contribution in [0.25, 0.3) is 22.8 Å². The number of benzene rings is 1. The highest BCUT2D eigenvalue weighted by atomic mass is 32.1. The van der Waals surface area contributed by atoms with Crippen LogP contribution >= 0.6 is 11.3 Å². The van der Waals surface area contributed by atoms with E-state index in [1.807, 2.05) is 16.8 Å². The third-order valence-electron chi connectivity index (χ3n) is 4.21. The number of nitrogens with zero attached hydrogens (tertiary/aromatic N) is 4. The van der Waals surface area contributed by atoms with Gasteiger partial charge in [-0.1, -0.05) is 5.16 Å². The highest BCUT2D eigenvalue weighted by Crippen LogP contribution is 2.31. The van der Waals surface area contributed by atoms with Crippen LogP contribution in [0.3, 0.4) is 0 Å². The average molecular weight is 426 g/mol. The van der Waals surface area contributed by atoms with Gasteiger partial charge in [0.25, 0.3) is 0 Å². The van der Waals surface area contributed by atoms with E-state index < -0.39 is 0 Å². The number of hydrogen-bond donors (Lipinski definition) is 2. The SMILES string of the molecule is COc1ccc(-c2nc(NC(=O)CCc3nc(-c4ccsc4)no3)n[nH]2)c(OC)c1. The molecule has 0 fully saturated rings. The molecule has 0 radical (unpaired) electrons. The molecule has 3 heterocycles. The molecule has 30 heavy (non-hydrogen) atoms. The lowest BCUT2D eigenvalue weighted by molar-refractivity contribution is -0.116. The number of aromatic amines is 1. The van der Waals surface area contributed by atoms with E-state index in [1.54, 1.807) is 43.8 Å². The van der Waals surface area contributed by atoms with Crippen molar-refractivity contribution in [1.82, 2.24) is 25.3 Å². The number of ether oxygens (including phenoxy) is 2. The molecule has 0 aliphatic heterocycles. The molecule has 4 rings (SSSR count). The quantitative estimate of drug-likeness (QED) is 0.440. The molecule has 3 aromatic heterocycles. The van der Waals surface area contributed by atoms with Gasteiger partial charge < -0.3 is 14.0 Å². The maximum absolute atomic E-state index is 12.2. The van der Waals surface area contributed by atoms with Crippen molar-refractivity contribution in [3.8, 4) is 34.3 Å². The number of thiophene rings is 1. The number of carbonyl (C=O) groups is 1. The van der Waals surface area contributed by atoms with Crippen molar-refractivity contribution in [2.45, 2.75) is 12.8 Å². The number of H-pyrrole nitrogens is 1. The van der Waals surface area contributed by atoms with Gasteiger partial charge in [-0.3, -0.25) is 15.2 Å². The third-order valence-corrected chi connectivity index (χ3v) is 4.90. The molecule has 1 aromatic carbocycles. The number of methoxy groups -OCH3 is 2. The molecule has 0 unspecified atom stereocenters. The van der Waals surface area contributed by atoms with Crippen molar-refractivity contribution in [2.24, 2.45) is 0 Å². The Morgan fingerprint density at radius 2 is 2.13 bits per heavy atom. The fourth-order valence-electron chi connectivity index (χ4n) is 2.71. The first kappa shape index (κ1) is 19.6. The molecule has 0 atom stereocenters. The summed E-state index contributed by atoms with van der Waals surface area (Å²) in [6, 6.07) is 7.23. The monoisotopic (exact) mass is 426 g/mol. The summed E-state index contributed by atoms with van der Waals surface area (Å²) >= 11 is 1.55. The molecule has 154 valence electrons. The lowest BCUT2D eigenvalue weighted by atomic mass is 10.2. The number of aryl methyl sites for hydroxylation is 1. The Labute approximate surface area is 175 Å². The molecule has 0 spiro atoms. The summed E-state index contributed by atoms with van der Waals surface area (Å²) in [6.07, 6.45) is 0.466. The minimum Gasteiger partial charge on any atom is -0.497 e. The zero-order valence-corrected chi connectivity index (χ0v) is 17.0. The predicted octanol–water partition coefficient (Wildman–Crippen LogP) is 3.17. The molecule has 0 saturated carbocycles. The van der Waals surface area contributed by atoms with Crippen molar-refractivity contribution in [3.63, 3.8) is 0 Å². The van der Waals surface area contributed by atoms with Gasteiger partial charge in [-0.25, -0.2) is 0 Å². The number of rotatable bonds is 8. The Morgan fingerprint density at radius 3 is 2.90 bits per heavy atom. The maximum Gasteiger partial charge on any atom is 0.249 e. The second-order valence-electron chi connectivity index (χ2n) is 6.15. The second kappa shape index (κ2) is 8.74. The Morgan fingerprint density at radius 1 is 1.23 bits per heavy atom. The molecule has 4 aromatic rings. The van der Waals surface area contributed by atoms with E-state index in [0.717, 1.165) is 5.56 Å². The van der Waals surface area contributed by atoms with Crippen LogP contribution in [0, 0.1) is 0 Å². The van der Waals surface area contributed by atoms with E-state index in [0.29, 0.717) is 41.0 Å². The van der Waals surface area contributed by atoms with Gasteiger partial charge in [0.2, 0.25) is 23.6 Å². The Kier molecular flexibility index (Phi) is 5.70. The lowest BCUT2D eigenvalue weighted by Gasteiger charge is -2.07. The summed E-state index contributed by atoms with van der Waals surface area (Å²) in [7, 11) is 3.13. The first-order valence-corrected chi connectivity index (χ1v) is 9.90. The van der Waals surface area contributed by atoms with E-state index in [1.165, 1.54) is 0 Å². The highest BCUT2D eigenvalue weighted by molar-refractivity contribution is 7.08. The Hall–Kier alpha value is -3.73. The number of hydrogen-bond acceptors (Lipinski definition) is 9. The lowest BCUT2D eigenvalue weighted by Crippen LogP contribution is -2.13. The number of anilines is 1. The van der Waals surface area contributed by atoms with Crippen molar-refractivity contribution in [1.29, 1.82) is 0 Å². The van der Waals surface area contributed by atoms with Crippen LogP contribution < -0.4 is 14.8 Å². The first-order chi connectivity index (χ1) is 14.7. The number of amides is 1. The van der Waals surface area contributed by atoms with Crippen LogP contribution in [0.4, 0.5) is 5.95 Å². The summed E-state index contributed by atoms with van der Waals surface area (Å²) in [5.41, 5.74) is 1.58. The van der Waals surface area contributed by atoms with Gasteiger partial charge in [0.05, 0.1) is 19.8 Å². The average Bonchev–Trinajstić information content (AvgIpc) is 3.53. The van der Waals surface area contributed by atoms with E-state index >= 15 is 0 Å². The van der Waals surface area contributed by atoms with E-state index in [9.17, 15) is 4.79 Å². The largest absolute Gasteiger partial charge is 0.497 e. The van der Waals surface area contributed by atoms with Gasteiger partial charge in [-0.05, 0) is 23.6 Å². The number of aromatic nitrogens is 5. The van der Waals surface area contributed by atoms with Crippen LogP contribution in [0.15, 0.2) is 39.5 Å². The van der Waals surface area contributed by atoms with Gasteiger partial charge in [-0.2, -0.15) is 21.3 Å². The van der Waals surface area contributed by atoms with Crippen LogP contribution in [0.2, 0.25) is 0 Å². The summed E-state index contributed by atoms with van der Waals surface area (Å²) in [5.74, 6) is 2.49. The smallest absolute Gasteiger partial charge is 0.249 e. The zero-order chi connectivity index (χ0) is 20.9. The molecule has 0 aliphatic carbocycles. The van der Waals surface area contributed by atoms with Crippen LogP contribution in [-0.4, -0.2) is 45.4 Å². The standard InChI is InChI=1S/C19H18N6O4S/c1-27-12-3-4-13(14(9-12)28-2)18-22-19(24-23-18)20-15(26)5-6-16-21-17(25-29-16)11-7-8-30-10-11/h3-4,7-10H,5-6H2,1-2H3,(H2,20,22,23,24,26). The van der Waals surface area contributed by atoms with Gasteiger partial charge in [-0.15, -0.1) is 5.10 Å². The molecular formula is C19H18N6O4S. The predicted molar refractivity (Wildman–Crippen MR) is 109 cm³/mol. The minimum absolute atomic E-state index is 0.154. The molecule has 11 heteroatoms. The first-order valence-electron chi connectivity index (χ1n) is 8.96. The molecule has 1 amide bonds. The van der Waals surface area contributed by atoms with Crippen molar-refractivity contribution in [3.05, 3.63) is 40.9 Å². The molecule has 0 aliphatic rings. The maximum atomic E-state index is 12.2. The number of carbonyl (C=O) groups excluding carboxylic acids is 1. The summed E-state index contributed by atoms with van der Waals surface area (Å²) in [5, 5.41) is 17.3. The van der Waals surface area contributed by atoms with E-state index in [4.69, 9.17) is 14.0 Å². The normalized spacial score (nSPS) is 10.7. The summed E-state index contributed by atoms with van der Waals surface area (Å²) in [4.78, 5) is 20.8. The second-order valence-corrected chi connectivity index (χ2v) is 6.93. The molecule has 2 N–H and O–H groups in total. The highest BCUT2D eigenvalue weighted by Gasteiger charge is 2.15. The van der Waals surface area contributed by atoms with Crippen LogP contribution in [0.5, 0.6) is 11.5 Å². The fraction of sp³-hybridized carbons (Fsp3) is 0.211.